The second-order valence-corrected chi connectivity index (χ2v) is 6.02. The van der Waals surface area contributed by atoms with E-state index in [1.54, 1.807) is 13.8 Å². The van der Waals surface area contributed by atoms with E-state index in [0.717, 1.165) is 0 Å². The van der Waals surface area contributed by atoms with Gasteiger partial charge < -0.3 is 18.7 Å². The van der Waals surface area contributed by atoms with E-state index in [2.05, 4.69) is 4.74 Å². The van der Waals surface area contributed by atoms with Gasteiger partial charge in [-0.2, -0.15) is 0 Å². The van der Waals surface area contributed by atoms with Crippen LogP contribution in [0.3, 0.4) is 0 Å². The molecule has 0 aliphatic carbocycles. The van der Waals surface area contributed by atoms with Crippen LogP contribution in [0.25, 0.3) is 0 Å². The Hall–Kier alpha value is -0.620. The highest BCUT2D eigenvalue weighted by Gasteiger charge is 2.18. The lowest BCUT2D eigenvalue weighted by atomic mass is 10.5. The zero-order valence-electron chi connectivity index (χ0n) is 11.9. The van der Waals surface area contributed by atoms with E-state index in [4.69, 9.17) is 18.5 Å². The van der Waals surface area contributed by atoms with Crippen LogP contribution in [0, 0.1) is 0 Å². The molecule has 0 aliphatic heterocycles. The molecule has 0 aromatic carbocycles. The van der Waals surface area contributed by atoms with Crippen LogP contribution in [0.15, 0.2) is 0 Å². The summed E-state index contributed by atoms with van der Waals surface area (Å²) >= 11 is 0. The summed E-state index contributed by atoms with van der Waals surface area (Å²) in [6.07, 6.45) is -0.534. The maximum Gasteiger partial charge on any atom is 0.510 e. The van der Waals surface area contributed by atoms with E-state index in [0.29, 0.717) is 19.6 Å². The molecule has 8 heteroatoms. The highest BCUT2D eigenvalue weighted by atomic mass is 31.2. The molecule has 0 aliphatic rings. The van der Waals surface area contributed by atoms with Crippen molar-refractivity contribution < 1.29 is 32.6 Å². The van der Waals surface area contributed by atoms with Crippen molar-refractivity contribution in [2.24, 2.45) is 0 Å². The summed E-state index contributed by atoms with van der Waals surface area (Å²) in [6.45, 7) is 7.53. The Morgan fingerprint density at radius 1 is 1.21 bits per heavy atom. The molecule has 0 bridgehead atoms. The van der Waals surface area contributed by atoms with E-state index in [9.17, 15) is 9.36 Å². The van der Waals surface area contributed by atoms with Crippen molar-refractivity contribution in [3.63, 3.8) is 0 Å². The first-order valence-corrected chi connectivity index (χ1v) is 8.14. The molecule has 1 unspecified atom stereocenters. The molecule has 0 rings (SSSR count). The Bertz CT molecular complexity index is 293. The topological polar surface area (TPSA) is 80.3 Å². The lowest BCUT2D eigenvalue weighted by Crippen LogP contribution is -2.14. The van der Waals surface area contributed by atoms with Crippen LogP contribution in [0.2, 0.25) is 0 Å². The number of carbonyl (C=O) groups excluding carboxylic acids is 1. The van der Waals surface area contributed by atoms with Gasteiger partial charge in [0.2, 0.25) is 6.79 Å². The van der Waals surface area contributed by atoms with Crippen molar-refractivity contribution in [2.45, 2.75) is 33.3 Å². The highest BCUT2D eigenvalue weighted by molar-refractivity contribution is 7.52. The molecule has 0 saturated carbocycles. The number of hydrogen-bond donors (Lipinski definition) is 0. The molecule has 0 aromatic heterocycles. The molecule has 0 heterocycles. The molecule has 0 radical (unpaired) electrons. The summed E-state index contributed by atoms with van der Waals surface area (Å²) in [7, 11) is -3.22. The fraction of sp³-hybridized carbons (Fsp3) is 0.909. The van der Waals surface area contributed by atoms with Crippen LogP contribution >= 0.6 is 7.60 Å². The fourth-order valence-corrected chi connectivity index (χ4v) is 1.75. The first-order valence-electron chi connectivity index (χ1n) is 6.15. The van der Waals surface area contributed by atoms with Gasteiger partial charge in [0.25, 0.3) is 0 Å². The summed E-state index contributed by atoms with van der Waals surface area (Å²) in [6, 6.07) is 0. The zero-order valence-corrected chi connectivity index (χ0v) is 12.8. The Balaban J connectivity index is 3.67. The second-order valence-electron chi connectivity index (χ2n) is 3.96. The third kappa shape index (κ3) is 12.2. The van der Waals surface area contributed by atoms with Gasteiger partial charge in [-0.05, 0) is 27.2 Å². The number of ether oxygens (including phenoxy) is 3. The molecular weight excluding hydrogens is 275 g/mol. The van der Waals surface area contributed by atoms with Crippen molar-refractivity contribution in [2.75, 3.05) is 33.3 Å². The maximum absolute atomic E-state index is 11.7. The van der Waals surface area contributed by atoms with Crippen molar-refractivity contribution in [3.05, 3.63) is 0 Å². The molecule has 0 fully saturated rings. The smallest absolute Gasteiger partial charge is 0.432 e. The molecule has 19 heavy (non-hydrogen) atoms. The molecule has 7 nitrogen and oxygen atoms in total. The highest BCUT2D eigenvalue weighted by Crippen LogP contribution is 2.43. The van der Waals surface area contributed by atoms with E-state index in [1.807, 2.05) is 6.92 Å². The summed E-state index contributed by atoms with van der Waals surface area (Å²) in [5, 5.41) is 0. The van der Waals surface area contributed by atoms with E-state index in [1.165, 1.54) is 6.66 Å². The third-order valence-corrected chi connectivity index (χ3v) is 2.98. The molecule has 0 N–H and O–H groups in total. The summed E-state index contributed by atoms with van der Waals surface area (Å²) < 4.78 is 36.0. The van der Waals surface area contributed by atoms with Crippen LogP contribution in [0.4, 0.5) is 4.79 Å². The Labute approximate surface area is 114 Å². The number of carbonyl (C=O) groups is 1. The predicted molar refractivity (Wildman–Crippen MR) is 69.2 cm³/mol. The Kier molecular flexibility index (Phi) is 9.87. The van der Waals surface area contributed by atoms with Gasteiger partial charge in [0.1, 0.15) is 0 Å². The Morgan fingerprint density at radius 3 is 2.47 bits per heavy atom. The summed E-state index contributed by atoms with van der Waals surface area (Å²) in [5.74, 6) is 0. The van der Waals surface area contributed by atoms with Crippen LogP contribution in [0.1, 0.15) is 27.2 Å². The van der Waals surface area contributed by atoms with Crippen LogP contribution in [-0.4, -0.2) is 45.5 Å². The average molecular weight is 298 g/mol. The van der Waals surface area contributed by atoms with Gasteiger partial charge in [0.05, 0.1) is 12.7 Å². The fourth-order valence-electron chi connectivity index (χ4n) is 0.970. The first-order chi connectivity index (χ1) is 8.87. The lowest BCUT2D eigenvalue weighted by molar-refractivity contribution is -0.0126. The minimum absolute atomic E-state index is 0.254. The SMILES string of the molecule is CCOCCCOP(C)(=O)OCOC(=O)OC(C)C. The molecule has 114 valence electrons. The Morgan fingerprint density at radius 2 is 1.89 bits per heavy atom. The first kappa shape index (κ1) is 18.4. The summed E-state index contributed by atoms with van der Waals surface area (Å²) in [5.41, 5.74) is 0. The van der Waals surface area contributed by atoms with Crippen molar-refractivity contribution in [3.8, 4) is 0 Å². The van der Waals surface area contributed by atoms with Crippen LogP contribution in [-0.2, 0) is 27.8 Å². The minimum atomic E-state index is -3.22. The maximum atomic E-state index is 11.7. The minimum Gasteiger partial charge on any atom is -0.432 e. The monoisotopic (exact) mass is 298 g/mol. The molecule has 0 spiro atoms. The quantitative estimate of drug-likeness (QED) is 0.265. The normalized spacial score (nSPS) is 14.2. The van der Waals surface area contributed by atoms with E-state index in [-0.39, 0.29) is 12.7 Å². The van der Waals surface area contributed by atoms with E-state index >= 15 is 0 Å². The van der Waals surface area contributed by atoms with Crippen LogP contribution in [0.5, 0.6) is 0 Å². The van der Waals surface area contributed by atoms with Crippen LogP contribution < -0.4 is 0 Å². The molecule has 1 atom stereocenters. The second kappa shape index (κ2) is 10.2. The average Bonchev–Trinajstić information content (AvgIpc) is 2.27. The van der Waals surface area contributed by atoms with Gasteiger partial charge in [-0.15, -0.1) is 0 Å². The predicted octanol–water partition coefficient (Wildman–Crippen LogP) is 2.79. The third-order valence-electron chi connectivity index (χ3n) is 1.76. The van der Waals surface area contributed by atoms with Gasteiger partial charge in [-0.25, -0.2) is 4.79 Å². The van der Waals surface area contributed by atoms with Gasteiger partial charge in [0, 0.05) is 19.9 Å². The lowest BCUT2D eigenvalue weighted by Gasteiger charge is -2.14. The largest absolute Gasteiger partial charge is 0.510 e. The van der Waals surface area contributed by atoms with Gasteiger partial charge >= 0.3 is 13.8 Å². The molecular formula is C11H23O7P. The van der Waals surface area contributed by atoms with Gasteiger partial charge in [-0.1, -0.05) is 0 Å². The van der Waals surface area contributed by atoms with Gasteiger partial charge in [-0.3, -0.25) is 9.09 Å². The standard InChI is InChI=1S/C11H23O7P/c1-5-14-7-6-8-16-19(4,13)17-9-15-11(12)18-10(2)3/h10H,5-9H2,1-4H3. The molecule has 0 aromatic rings. The van der Waals surface area contributed by atoms with Crippen molar-refractivity contribution in [1.29, 1.82) is 0 Å². The number of hydrogen-bond acceptors (Lipinski definition) is 7. The van der Waals surface area contributed by atoms with Gasteiger partial charge in [0.15, 0.2) is 0 Å². The van der Waals surface area contributed by atoms with Crippen molar-refractivity contribution >= 4 is 13.8 Å². The van der Waals surface area contributed by atoms with Crippen molar-refractivity contribution in [1.82, 2.24) is 0 Å². The van der Waals surface area contributed by atoms with E-state index < -0.39 is 20.5 Å². The molecule has 0 amide bonds. The summed E-state index contributed by atoms with van der Waals surface area (Å²) in [4.78, 5) is 11.0. The zero-order chi connectivity index (χ0) is 14.7. The molecule has 0 saturated heterocycles. The number of rotatable bonds is 10.